The Hall–Kier alpha value is -2.33. The number of anilines is 1. The number of nitrogens with zero attached hydrogens (tertiary/aromatic N) is 1. The molecule has 5 heteroatoms. The SMILES string of the molecule is O=C(Nc1c(F)cccc1Cl)c1cn(CC2CCC2)c2ccccc12. The van der Waals surface area contributed by atoms with E-state index >= 15 is 0 Å². The maximum Gasteiger partial charge on any atom is 0.257 e. The summed E-state index contributed by atoms with van der Waals surface area (Å²) in [6, 6.07) is 12.2. The highest BCUT2D eigenvalue weighted by atomic mass is 35.5. The molecule has 1 aliphatic rings. The molecule has 1 aliphatic carbocycles. The number of hydrogen-bond donors (Lipinski definition) is 1. The van der Waals surface area contributed by atoms with Gasteiger partial charge in [0.05, 0.1) is 16.3 Å². The van der Waals surface area contributed by atoms with Gasteiger partial charge in [-0.25, -0.2) is 4.39 Å². The molecule has 4 rings (SSSR count). The van der Waals surface area contributed by atoms with Crippen molar-refractivity contribution in [2.75, 3.05) is 5.32 Å². The van der Waals surface area contributed by atoms with Gasteiger partial charge in [-0.15, -0.1) is 0 Å². The minimum Gasteiger partial charge on any atom is -0.346 e. The topological polar surface area (TPSA) is 34.0 Å². The van der Waals surface area contributed by atoms with Gasteiger partial charge in [0, 0.05) is 23.6 Å². The first kappa shape index (κ1) is 16.2. The third-order valence-corrected chi connectivity index (χ3v) is 5.23. The number of carbonyl (C=O) groups is 1. The highest BCUT2D eigenvalue weighted by molar-refractivity contribution is 6.34. The van der Waals surface area contributed by atoms with Crippen LogP contribution in [0.2, 0.25) is 5.02 Å². The molecule has 1 fully saturated rings. The molecular weight excluding hydrogens is 339 g/mol. The van der Waals surface area contributed by atoms with E-state index in [1.54, 1.807) is 6.07 Å². The molecule has 3 aromatic rings. The van der Waals surface area contributed by atoms with Gasteiger partial charge in [0.15, 0.2) is 0 Å². The van der Waals surface area contributed by atoms with Gasteiger partial charge in [0.1, 0.15) is 5.82 Å². The minimum absolute atomic E-state index is 0.0185. The van der Waals surface area contributed by atoms with Crippen molar-refractivity contribution in [3.8, 4) is 0 Å². The molecule has 1 amide bonds. The monoisotopic (exact) mass is 356 g/mol. The number of nitrogens with one attached hydrogen (secondary N) is 1. The molecule has 128 valence electrons. The van der Waals surface area contributed by atoms with Gasteiger partial charge < -0.3 is 9.88 Å². The van der Waals surface area contributed by atoms with Crippen LogP contribution in [-0.2, 0) is 6.54 Å². The van der Waals surface area contributed by atoms with E-state index in [0.29, 0.717) is 11.5 Å². The van der Waals surface area contributed by atoms with Crippen LogP contribution >= 0.6 is 11.6 Å². The fraction of sp³-hybridized carbons (Fsp3) is 0.250. The van der Waals surface area contributed by atoms with Crippen LogP contribution in [0.3, 0.4) is 0 Å². The van der Waals surface area contributed by atoms with Crippen LogP contribution < -0.4 is 5.32 Å². The molecule has 3 nitrogen and oxygen atoms in total. The summed E-state index contributed by atoms with van der Waals surface area (Å²) in [7, 11) is 0. The summed E-state index contributed by atoms with van der Waals surface area (Å²) in [6.07, 6.45) is 5.62. The molecule has 1 N–H and O–H groups in total. The van der Waals surface area contributed by atoms with E-state index in [-0.39, 0.29) is 16.6 Å². The first-order valence-electron chi connectivity index (χ1n) is 8.46. The van der Waals surface area contributed by atoms with Gasteiger partial charge in [-0.1, -0.05) is 42.3 Å². The van der Waals surface area contributed by atoms with Gasteiger partial charge in [0.2, 0.25) is 0 Å². The molecule has 0 aliphatic heterocycles. The Bertz CT molecular complexity index is 926. The zero-order valence-corrected chi connectivity index (χ0v) is 14.4. The van der Waals surface area contributed by atoms with Crippen LogP contribution in [0, 0.1) is 11.7 Å². The Morgan fingerprint density at radius 3 is 2.72 bits per heavy atom. The molecule has 1 aromatic heterocycles. The maximum absolute atomic E-state index is 14.0. The standard InChI is InChI=1S/C20H18ClFN2O/c21-16-8-4-9-17(22)19(16)23-20(25)15-12-24(11-13-5-3-6-13)18-10-2-1-7-14(15)18/h1-2,4,7-10,12-13H,3,5-6,11H2,(H,23,25). The number of carbonyl (C=O) groups excluding carboxylic acids is 1. The van der Waals surface area contributed by atoms with Crippen molar-refractivity contribution in [3.63, 3.8) is 0 Å². The zero-order valence-electron chi connectivity index (χ0n) is 13.6. The predicted octanol–water partition coefficient (Wildman–Crippen LogP) is 5.49. The van der Waals surface area contributed by atoms with Crippen LogP contribution in [0.1, 0.15) is 29.6 Å². The third-order valence-electron chi connectivity index (χ3n) is 4.91. The van der Waals surface area contributed by atoms with Crippen molar-refractivity contribution in [1.82, 2.24) is 4.57 Å². The molecule has 1 heterocycles. The summed E-state index contributed by atoms with van der Waals surface area (Å²) in [5, 5.41) is 3.68. The second-order valence-electron chi connectivity index (χ2n) is 6.56. The van der Waals surface area contributed by atoms with Crippen LogP contribution in [0.4, 0.5) is 10.1 Å². The van der Waals surface area contributed by atoms with Crippen molar-refractivity contribution in [3.05, 3.63) is 65.1 Å². The van der Waals surface area contributed by atoms with Gasteiger partial charge in [-0.05, 0) is 37.0 Å². The average molecular weight is 357 g/mol. The number of amides is 1. The highest BCUT2D eigenvalue weighted by Crippen LogP contribution is 2.31. The van der Waals surface area contributed by atoms with E-state index in [0.717, 1.165) is 17.4 Å². The molecule has 1 saturated carbocycles. The van der Waals surface area contributed by atoms with E-state index in [1.165, 1.54) is 31.4 Å². The molecule has 0 unspecified atom stereocenters. The van der Waals surface area contributed by atoms with E-state index in [2.05, 4.69) is 9.88 Å². The van der Waals surface area contributed by atoms with Gasteiger partial charge in [-0.2, -0.15) is 0 Å². The molecule has 0 bridgehead atoms. The van der Waals surface area contributed by atoms with Crippen molar-refractivity contribution < 1.29 is 9.18 Å². The Kier molecular flexibility index (Phi) is 4.22. The van der Waals surface area contributed by atoms with E-state index in [1.807, 2.05) is 30.5 Å². The number of halogens is 2. The first-order chi connectivity index (χ1) is 12.1. The fourth-order valence-corrected chi connectivity index (χ4v) is 3.54. The zero-order chi connectivity index (χ0) is 17.4. The van der Waals surface area contributed by atoms with Crippen molar-refractivity contribution in [1.29, 1.82) is 0 Å². The van der Waals surface area contributed by atoms with Crippen molar-refractivity contribution >= 4 is 34.1 Å². The lowest BCUT2D eigenvalue weighted by Crippen LogP contribution is -2.17. The van der Waals surface area contributed by atoms with Crippen LogP contribution in [-0.4, -0.2) is 10.5 Å². The normalized spacial score (nSPS) is 14.5. The number of fused-ring (bicyclic) bond motifs is 1. The summed E-state index contributed by atoms with van der Waals surface area (Å²) in [5.41, 5.74) is 1.58. The van der Waals surface area contributed by atoms with Crippen LogP contribution in [0.5, 0.6) is 0 Å². The molecule has 0 saturated heterocycles. The lowest BCUT2D eigenvalue weighted by atomic mass is 9.85. The van der Waals surface area contributed by atoms with E-state index < -0.39 is 5.82 Å². The second kappa shape index (κ2) is 6.52. The Morgan fingerprint density at radius 2 is 2.00 bits per heavy atom. The summed E-state index contributed by atoms with van der Waals surface area (Å²) in [4.78, 5) is 12.8. The summed E-state index contributed by atoms with van der Waals surface area (Å²) < 4.78 is 16.1. The highest BCUT2D eigenvalue weighted by Gasteiger charge is 2.22. The Morgan fingerprint density at radius 1 is 1.20 bits per heavy atom. The molecule has 0 radical (unpaired) electrons. The smallest absolute Gasteiger partial charge is 0.257 e. The average Bonchev–Trinajstić information content (AvgIpc) is 2.93. The van der Waals surface area contributed by atoms with Crippen molar-refractivity contribution in [2.24, 2.45) is 5.92 Å². The second-order valence-corrected chi connectivity index (χ2v) is 6.97. The van der Waals surface area contributed by atoms with Gasteiger partial charge in [0.25, 0.3) is 5.91 Å². The first-order valence-corrected chi connectivity index (χ1v) is 8.84. The maximum atomic E-state index is 14.0. The number of aromatic nitrogens is 1. The summed E-state index contributed by atoms with van der Waals surface area (Å²) >= 11 is 6.02. The fourth-order valence-electron chi connectivity index (χ4n) is 3.33. The quantitative estimate of drug-likeness (QED) is 0.659. The number of hydrogen-bond acceptors (Lipinski definition) is 1. The number of para-hydroxylation sites is 2. The summed E-state index contributed by atoms with van der Waals surface area (Å²) in [5.74, 6) is -0.220. The van der Waals surface area contributed by atoms with Crippen LogP contribution in [0.15, 0.2) is 48.7 Å². The Labute approximate surface area is 150 Å². The van der Waals surface area contributed by atoms with E-state index in [9.17, 15) is 9.18 Å². The Balaban J connectivity index is 1.69. The molecule has 25 heavy (non-hydrogen) atoms. The van der Waals surface area contributed by atoms with Crippen molar-refractivity contribution in [2.45, 2.75) is 25.8 Å². The minimum atomic E-state index is -0.543. The van der Waals surface area contributed by atoms with Gasteiger partial charge in [-0.3, -0.25) is 4.79 Å². The van der Waals surface area contributed by atoms with Crippen LogP contribution in [0.25, 0.3) is 10.9 Å². The number of benzene rings is 2. The summed E-state index contributed by atoms with van der Waals surface area (Å²) in [6.45, 7) is 0.911. The molecule has 2 aromatic carbocycles. The third kappa shape index (κ3) is 3.02. The molecule has 0 atom stereocenters. The lowest BCUT2D eigenvalue weighted by molar-refractivity contribution is 0.102. The largest absolute Gasteiger partial charge is 0.346 e. The van der Waals surface area contributed by atoms with E-state index in [4.69, 9.17) is 11.6 Å². The predicted molar refractivity (Wildman–Crippen MR) is 98.6 cm³/mol. The molecular formula is C20H18ClFN2O. The number of rotatable bonds is 4. The van der Waals surface area contributed by atoms with Gasteiger partial charge >= 0.3 is 0 Å². The molecule has 0 spiro atoms. The lowest BCUT2D eigenvalue weighted by Gasteiger charge is -2.26.